The van der Waals surface area contributed by atoms with Gasteiger partial charge in [-0.2, -0.15) is 4.98 Å². The first kappa shape index (κ1) is 18.5. The number of para-hydroxylation sites is 1. The number of thioether (sulfide) groups is 1. The number of fused-ring (bicyclic) bond motifs is 3. The number of aromatic hydroxyl groups is 1. The number of ether oxygens (including phenoxy) is 1. The summed E-state index contributed by atoms with van der Waals surface area (Å²) in [5.74, 6) is 1.40. The standard InChI is InChI=1S/C18H14Br2N4O2S/c1-2-27-18-22-17-14(23-24-18)10-5-3-4-6-13(10)21-16(26-17)9-7-11(19)15(25)12(20)8-9/h3-8,16,21,25H,2H2,1H3/t16-/m1/s1. The van der Waals surface area contributed by atoms with Crippen molar-refractivity contribution < 1.29 is 9.84 Å². The smallest absolute Gasteiger partial charge is 0.247 e. The largest absolute Gasteiger partial charge is 0.506 e. The van der Waals surface area contributed by atoms with Gasteiger partial charge in [0, 0.05) is 16.8 Å². The van der Waals surface area contributed by atoms with Crippen molar-refractivity contribution in [1.82, 2.24) is 15.2 Å². The van der Waals surface area contributed by atoms with Gasteiger partial charge < -0.3 is 15.2 Å². The highest BCUT2D eigenvalue weighted by Gasteiger charge is 2.26. The zero-order valence-electron chi connectivity index (χ0n) is 14.1. The van der Waals surface area contributed by atoms with Crippen molar-refractivity contribution in [3.63, 3.8) is 0 Å². The Balaban J connectivity index is 1.84. The Kier molecular flexibility index (Phi) is 5.25. The molecular formula is C18H14Br2N4O2S. The van der Waals surface area contributed by atoms with Gasteiger partial charge in [-0.05, 0) is 55.8 Å². The van der Waals surface area contributed by atoms with Crippen LogP contribution in [0.25, 0.3) is 11.3 Å². The average molecular weight is 510 g/mol. The van der Waals surface area contributed by atoms with Crippen LogP contribution in [-0.4, -0.2) is 26.0 Å². The van der Waals surface area contributed by atoms with Gasteiger partial charge in [-0.3, -0.25) is 0 Å². The number of rotatable bonds is 3. The molecule has 27 heavy (non-hydrogen) atoms. The summed E-state index contributed by atoms with van der Waals surface area (Å²) in [7, 11) is 0. The van der Waals surface area contributed by atoms with Crippen molar-refractivity contribution in [2.75, 3.05) is 11.1 Å². The fourth-order valence-electron chi connectivity index (χ4n) is 2.72. The van der Waals surface area contributed by atoms with E-state index in [2.05, 4.69) is 52.4 Å². The molecule has 3 aromatic rings. The summed E-state index contributed by atoms with van der Waals surface area (Å²) in [6, 6.07) is 11.4. The summed E-state index contributed by atoms with van der Waals surface area (Å²) in [6.07, 6.45) is -0.517. The molecule has 0 unspecified atom stereocenters. The fourth-order valence-corrected chi connectivity index (χ4v) is 4.45. The van der Waals surface area contributed by atoms with E-state index in [-0.39, 0.29) is 5.75 Å². The monoisotopic (exact) mass is 508 g/mol. The molecule has 1 aromatic heterocycles. The summed E-state index contributed by atoms with van der Waals surface area (Å²) in [5.41, 5.74) is 3.16. The Morgan fingerprint density at radius 2 is 1.93 bits per heavy atom. The SMILES string of the molecule is CCSc1nnc2c(n1)O[C@H](c1cc(Br)c(O)c(Br)c1)Nc1ccccc1-2. The van der Waals surface area contributed by atoms with E-state index in [1.165, 1.54) is 11.8 Å². The third-order valence-corrected chi connectivity index (χ3v) is 5.88. The molecule has 1 aliphatic heterocycles. The number of anilines is 1. The van der Waals surface area contributed by atoms with E-state index in [0.29, 0.717) is 25.7 Å². The van der Waals surface area contributed by atoms with E-state index >= 15 is 0 Å². The Morgan fingerprint density at radius 1 is 1.19 bits per heavy atom. The van der Waals surface area contributed by atoms with Crippen LogP contribution in [0.4, 0.5) is 5.69 Å². The van der Waals surface area contributed by atoms with Crippen molar-refractivity contribution in [2.24, 2.45) is 0 Å². The second-order valence-electron chi connectivity index (χ2n) is 5.70. The third-order valence-electron chi connectivity index (χ3n) is 3.95. The molecular weight excluding hydrogens is 496 g/mol. The predicted molar refractivity (Wildman–Crippen MR) is 112 cm³/mol. The molecule has 2 N–H and O–H groups in total. The number of benzene rings is 2. The number of hydrogen-bond donors (Lipinski definition) is 2. The maximum Gasteiger partial charge on any atom is 0.247 e. The number of halogens is 2. The molecule has 1 atom stereocenters. The molecule has 0 saturated carbocycles. The molecule has 0 amide bonds. The lowest BCUT2D eigenvalue weighted by atomic mass is 10.1. The molecule has 0 saturated heterocycles. The van der Waals surface area contributed by atoms with Crippen molar-refractivity contribution in [2.45, 2.75) is 18.3 Å². The minimum Gasteiger partial charge on any atom is -0.506 e. The lowest BCUT2D eigenvalue weighted by Crippen LogP contribution is -2.17. The quantitative estimate of drug-likeness (QED) is 0.458. The summed E-state index contributed by atoms with van der Waals surface area (Å²) >= 11 is 8.25. The Labute approximate surface area is 177 Å². The Morgan fingerprint density at radius 3 is 2.67 bits per heavy atom. The molecule has 2 aromatic carbocycles. The molecule has 1 aliphatic rings. The molecule has 138 valence electrons. The van der Waals surface area contributed by atoms with Crippen molar-refractivity contribution in [3.05, 3.63) is 50.9 Å². The van der Waals surface area contributed by atoms with Gasteiger partial charge in [-0.1, -0.05) is 36.9 Å². The molecule has 0 bridgehead atoms. The molecule has 9 heteroatoms. The first-order valence-electron chi connectivity index (χ1n) is 8.15. The molecule has 4 rings (SSSR count). The topological polar surface area (TPSA) is 80.2 Å². The molecule has 2 heterocycles. The number of nitrogens with zero attached hydrogens (tertiary/aromatic N) is 3. The highest BCUT2D eigenvalue weighted by molar-refractivity contribution is 9.11. The highest BCUT2D eigenvalue weighted by Crippen LogP contribution is 2.41. The van der Waals surface area contributed by atoms with Crippen molar-refractivity contribution in [3.8, 4) is 22.9 Å². The number of hydrogen-bond acceptors (Lipinski definition) is 7. The molecule has 0 spiro atoms. The van der Waals surface area contributed by atoms with Gasteiger partial charge in [0.2, 0.25) is 11.0 Å². The van der Waals surface area contributed by atoms with Crippen molar-refractivity contribution in [1.29, 1.82) is 0 Å². The van der Waals surface area contributed by atoms with Gasteiger partial charge in [0.15, 0.2) is 11.9 Å². The Bertz CT molecular complexity index is 995. The summed E-state index contributed by atoms with van der Waals surface area (Å²) < 4.78 is 7.34. The van der Waals surface area contributed by atoms with Crippen LogP contribution in [-0.2, 0) is 0 Å². The van der Waals surface area contributed by atoms with E-state index in [0.717, 1.165) is 22.6 Å². The first-order valence-corrected chi connectivity index (χ1v) is 10.7. The Hall–Kier alpha value is -1.84. The van der Waals surface area contributed by atoms with E-state index in [1.807, 2.05) is 43.3 Å². The van der Waals surface area contributed by atoms with Crippen molar-refractivity contribution >= 4 is 49.3 Å². The zero-order chi connectivity index (χ0) is 19.0. The fraction of sp³-hybridized carbons (Fsp3) is 0.167. The van der Waals surface area contributed by atoms with Crippen LogP contribution in [0.3, 0.4) is 0 Å². The van der Waals surface area contributed by atoms with E-state index < -0.39 is 6.23 Å². The third kappa shape index (κ3) is 3.63. The van der Waals surface area contributed by atoms with E-state index in [9.17, 15) is 5.11 Å². The van der Waals surface area contributed by atoms with Gasteiger partial charge in [-0.15, -0.1) is 10.2 Å². The minimum atomic E-state index is -0.517. The van der Waals surface area contributed by atoms with Crippen LogP contribution in [0.5, 0.6) is 11.6 Å². The average Bonchev–Trinajstić information content (AvgIpc) is 2.82. The second-order valence-corrected chi connectivity index (χ2v) is 8.64. The van der Waals surface area contributed by atoms with Gasteiger partial charge in [-0.25, -0.2) is 0 Å². The van der Waals surface area contributed by atoms with E-state index in [1.54, 1.807) is 0 Å². The van der Waals surface area contributed by atoms with Crippen LogP contribution in [0, 0.1) is 0 Å². The predicted octanol–water partition coefficient (Wildman–Crippen LogP) is 5.38. The van der Waals surface area contributed by atoms with Crippen LogP contribution < -0.4 is 10.1 Å². The van der Waals surface area contributed by atoms with Gasteiger partial charge in [0.25, 0.3) is 0 Å². The second kappa shape index (κ2) is 7.65. The maximum absolute atomic E-state index is 10.0. The zero-order valence-corrected chi connectivity index (χ0v) is 18.1. The lowest BCUT2D eigenvalue weighted by molar-refractivity contribution is 0.225. The molecule has 0 aliphatic carbocycles. The first-order chi connectivity index (χ1) is 13.1. The van der Waals surface area contributed by atoms with Crippen LogP contribution in [0.1, 0.15) is 18.7 Å². The van der Waals surface area contributed by atoms with Gasteiger partial charge in [0.1, 0.15) is 5.75 Å². The molecule has 0 radical (unpaired) electrons. The minimum absolute atomic E-state index is 0.138. The van der Waals surface area contributed by atoms with Crippen LogP contribution in [0.15, 0.2) is 50.5 Å². The highest BCUT2D eigenvalue weighted by atomic mass is 79.9. The van der Waals surface area contributed by atoms with Gasteiger partial charge >= 0.3 is 0 Å². The van der Waals surface area contributed by atoms with E-state index in [4.69, 9.17) is 4.74 Å². The molecule has 6 nitrogen and oxygen atoms in total. The normalized spacial score (nSPS) is 15.1. The number of aromatic nitrogens is 3. The lowest BCUT2D eigenvalue weighted by Gasteiger charge is -2.20. The van der Waals surface area contributed by atoms with Crippen LogP contribution >= 0.6 is 43.6 Å². The summed E-state index contributed by atoms with van der Waals surface area (Å²) in [5, 5.41) is 22.5. The number of phenols is 1. The summed E-state index contributed by atoms with van der Waals surface area (Å²) in [6.45, 7) is 2.03. The number of phenolic OH excluding ortho intramolecular Hbond substituents is 1. The van der Waals surface area contributed by atoms with Crippen LogP contribution in [0.2, 0.25) is 0 Å². The molecule has 0 fully saturated rings. The number of nitrogens with one attached hydrogen (secondary N) is 1. The maximum atomic E-state index is 10.0. The summed E-state index contributed by atoms with van der Waals surface area (Å²) in [4.78, 5) is 4.55. The van der Waals surface area contributed by atoms with Gasteiger partial charge in [0.05, 0.1) is 8.95 Å².